The lowest BCUT2D eigenvalue weighted by Crippen LogP contribution is -2.31. The molecule has 0 spiro atoms. The SMILES string of the molecule is CC.OB(O)c1ccc2c3c(ccnc13)CCO2. The summed E-state index contributed by atoms with van der Waals surface area (Å²) in [5, 5.41) is 19.4. The van der Waals surface area contributed by atoms with Gasteiger partial charge in [-0.25, -0.2) is 0 Å². The summed E-state index contributed by atoms with van der Waals surface area (Å²) in [6, 6.07) is 5.35. The fourth-order valence-corrected chi connectivity index (χ4v) is 2.13. The van der Waals surface area contributed by atoms with Gasteiger partial charge in [0.05, 0.1) is 12.1 Å². The van der Waals surface area contributed by atoms with Crippen LogP contribution in [0.1, 0.15) is 19.4 Å². The third kappa shape index (κ3) is 2.07. The molecule has 0 aliphatic carbocycles. The average molecular weight is 245 g/mol. The maximum Gasteiger partial charge on any atom is 0.490 e. The van der Waals surface area contributed by atoms with Crippen LogP contribution in [-0.2, 0) is 6.42 Å². The zero-order valence-corrected chi connectivity index (χ0v) is 10.6. The molecule has 0 unspecified atom stereocenters. The van der Waals surface area contributed by atoms with E-state index in [-0.39, 0.29) is 0 Å². The lowest BCUT2D eigenvalue weighted by atomic mass is 9.78. The third-order valence-corrected chi connectivity index (χ3v) is 2.88. The third-order valence-electron chi connectivity index (χ3n) is 2.88. The second kappa shape index (κ2) is 5.37. The molecule has 1 aliphatic heterocycles. The van der Waals surface area contributed by atoms with Crippen molar-refractivity contribution in [1.82, 2.24) is 4.98 Å². The number of hydrogen-bond acceptors (Lipinski definition) is 4. The monoisotopic (exact) mass is 245 g/mol. The summed E-state index contributed by atoms with van der Waals surface area (Å²) < 4.78 is 5.53. The molecule has 0 radical (unpaired) electrons. The molecule has 0 atom stereocenters. The van der Waals surface area contributed by atoms with Crippen molar-refractivity contribution in [2.45, 2.75) is 20.3 Å². The molecule has 0 bridgehead atoms. The van der Waals surface area contributed by atoms with Crippen LogP contribution in [0.3, 0.4) is 0 Å². The highest BCUT2D eigenvalue weighted by Crippen LogP contribution is 2.30. The van der Waals surface area contributed by atoms with Crippen molar-refractivity contribution in [3.63, 3.8) is 0 Å². The zero-order valence-electron chi connectivity index (χ0n) is 10.6. The summed E-state index contributed by atoms with van der Waals surface area (Å²) in [5.41, 5.74) is 2.18. The Hall–Kier alpha value is -1.59. The zero-order chi connectivity index (χ0) is 13.1. The molecule has 1 aliphatic rings. The molecule has 0 fully saturated rings. The van der Waals surface area contributed by atoms with E-state index in [0.717, 1.165) is 23.1 Å². The lowest BCUT2D eigenvalue weighted by Gasteiger charge is -2.19. The first kappa shape index (κ1) is 12.9. The molecule has 2 aromatic rings. The van der Waals surface area contributed by atoms with Gasteiger partial charge in [-0.15, -0.1) is 0 Å². The predicted octanol–water partition coefficient (Wildman–Crippen LogP) is 0.876. The van der Waals surface area contributed by atoms with Gasteiger partial charge < -0.3 is 14.8 Å². The number of nitrogens with zero attached hydrogens (tertiary/aromatic N) is 1. The van der Waals surface area contributed by atoms with E-state index in [1.165, 1.54) is 0 Å². The van der Waals surface area contributed by atoms with E-state index in [9.17, 15) is 10.0 Å². The van der Waals surface area contributed by atoms with Gasteiger partial charge in [-0.1, -0.05) is 19.9 Å². The summed E-state index contributed by atoms with van der Waals surface area (Å²) in [4.78, 5) is 4.21. The lowest BCUT2D eigenvalue weighted by molar-refractivity contribution is 0.318. The first-order chi connectivity index (χ1) is 8.77. The van der Waals surface area contributed by atoms with E-state index in [0.29, 0.717) is 17.6 Å². The number of rotatable bonds is 1. The van der Waals surface area contributed by atoms with E-state index in [2.05, 4.69) is 4.98 Å². The highest BCUT2D eigenvalue weighted by molar-refractivity contribution is 6.61. The molecule has 1 aromatic heterocycles. The Kier molecular flexibility index (Phi) is 3.84. The van der Waals surface area contributed by atoms with E-state index in [1.807, 2.05) is 19.9 Å². The van der Waals surface area contributed by atoms with E-state index >= 15 is 0 Å². The van der Waals surface area contributed by atoms with Crippen LogP contribution in [0.25, 0.3) is 10.9 Å². The second-order valence-corrected chi connectivity index (χ2v) is 3.82. The molecule has 5 heteroatoms. The molecule has 0 saturated carbocycles. The molecule has 2 heterocycles. The van der Waals surface area contributed by atoms with Crippen molar-refractivity contribution in [1.29, 1.82) is 0 Å². The van der Waals surface area contributed by atoms with Gasteiger partial charge in [0.15, 0.2) is 0 Å². The van der Waals surface area contributed by atoms with Crippen molar-refractivity contribution in [2.75, 3.05) is 6.61 Å². The van der Waals surface area contributed by atoms with Crippen LogP contribution in [0.5, 0.6) is 5.75 Å². The maximum atomic E-state index is 9.27. The Morgan fingerprint density at radius 1 is 1.22 bits per heavy atom. The molecule has 4 nitrogen and oxygen atoms in total. The van der Waals surface area contributed by atoms with Gasteiger partial charge in [-0.2, -0.15) is 0 Å². The largest absolute Gasteiger partial charge is 0.493 e. The Bertz CT molecular complexity index is 547. The van der Waals surface area contributed by atoms with Gasteiger partial charge >= 0.3 is 7.12 Å². The first-order valence-corrected chi connectivity index (χ1v) is 6.17. The fourth-order valence-electron chi connectivity index (χ4n) is 2.13. The van der Waals surface area contributed by atoms with Gasteiger partial charge in [-0.05, 0) is 17.7 Å². The van der Waals surface area contributed by atoms with E-state index < -0.39 is 7.12 Å². The van der Waals surface area contributed by atoms with Gasteiger partial charge in [0.25, 0.3) is 0 Å². The van der Waals surface area contributed by atoms with Crippen molar-refractivity contribution in [3.8, 4) is 5.75 Å². The van der Waals surface area contributed by atoms with E-state index in [1.54, 1.807) is 18.3 Å². The molecular formula is C13H16BNO3. The highest BCUT2D eigenvalue weighted by atomic mass is 16.5. The fraction of sp³-hybridized carbons (Fsp3) is 0.308. The molecule has 0 amide bonds. The number of hydrogen-bond donors (Lipinski definition) is 2. The van der Waals surface area contributed by atoms with Gasteiger partial charge in [0.1, 0.15) is 5.75 Å². The average Bonchev–Trinajstić information content (AvgIpc) is 2.42. The maximum absolute atomic E-state index is 9.27. The molecule has 3 rings (SSSR count). The van der Waals surface area contributed by atoms with Gasteiger partial charge in [-0.3, -0.25) is 4.98 Å². The number of aromatic nitrogens is 1. The first-order valence-electron chi connectivity index (χ1n) is 6.17. The smallest absolute Gasteiger partial charge is 0.490 e. The predicted molar refractivity (Wildman–Crippen MR) is 72.1 cm³/mol. The molecule has 0 saturated heterocycles. The van der Waals surface area contributed by atoms with Crippen molar-refractivity contribution in [3.05, 3.63) is 30.0 Å². The number of pyridine rings is 1. The molecule has 18 heavy (non-hydrogen) atoms. The van der Waals surface area contributed by atoms with Crippen LogP contribution in [0.4, 0.5) is 0 Å². The minimum Gasteiger partial charge on any atom is -0.493 e. The van der Waals surface area contributed by atoms with Crippen LogP contribution in [0, 0.1) is 0 Å². The summed E-state index contributed by atoms with van der Waals surface area (Å²) in [7, 11) is -1.50. The second-order valence-electron chi connectivity index (χ2n) is 3.82. The van der Waals surface area contributed by atoms with Crippen molar-refractivity contribution >= 4 is 23.5 Å². The van der Waals surface area contributed by atoms with Crippen molar-refractivity contribution in [2.24, 2.45) is 0 Å². The minimum atomic E-state index is -1.50. The number of ether oxygens (including phenoxy) is 1. The standard InChI is InChI=1S/C11H10BNO3.C2H6/c14-12(15)8-1-2-9-10-7(4-6-16-9)3-5-13-11(8)10;1-2/h1-3,5,14-15H,4,6H2;1-2H3. The molecule has 94 valence electrons. The molecular weight excluding hydrogens is 229 g/mol. The quantitative estimate of drug-likeness (QED) is 0.732. The number of benzene rings is 1. The van der Waals surface area contributed by atoms with Crippen LogP contribution in [0.15, 0.2) is 24.4 Å². The Labute approximate surface area is 106 Å². The summed E-state index contributed by atoms with van der Waals surface area (Å²) >= 11 is 0. The molecule has 1 aromatic carbocycles. The Morgan fingerprint density at radius 3 is 2.72 bits per heavy atom. The summed E-state index contributed by atoms with van der Waals surface area (Å²) in [6.45, 7) is 4.66. The minimum absolute atomic E-state index is 0.422. The van der Waals surface area contributed by atoms with Crippen LogP contribution < -0.4 is 10.2 Å². The van der Waals surface area contributed by atoms with Crippen molar-refractivity contribution < 1.29 is 14.8 Å². The van der Waals surface area contributed by atoms with E-state index in [4.69, 9.17) is 4.74 Å². The van der Waals surface area contributed by atoms with Crippen LogP contribution >= 0.6 is 0 Å². The van der Waals surface area contributed by atoms with Crippen LogP contribution in [0.2, 0.25) is 0 Å². The highest BCUT2D eigenvalue weighted by Gasteiger charge is 2.21. The van der Waals surface area contributed by atoms with Gasteiger partial charge in [0, 0.05) is 23.5 Å². The molecule has 2 N–H and O–H groups in total. The topological polar surface area (TPSA) is 62.6 Å². The normalized spacial score (nSPS) is 12.4. The van der Waals surface area contributed by atoms with Crippen LogP contribution in [-0.4, -0.2) is 28.8 Å². The summed E-state index contributed by atoms with van der Waals surface area (Å²) in [5.74, 6) is 0.772. The van der Waals surface area contributed by atoms with Gasteiger partial charge in [0.2, 0.25) is 0 Å². The summed E-state index contributed by atoms with van der Waals surface area (Å²) in [6.07, 6.45) is 2.52. The Morgan fingerprint density at radius 2 is 2.00 bits per heavy atom. The Balaban J connectivity index is 0.000000574.